The molecule has 48 heavy (non-hydrogen) atoms. The summed E-state index contributed by atoms with van der Waals surface area (Å²) < 4.78 is 28.2. The number of fused-ring (bicyclic) bond motifs is 1. The second kappa shape index (κ2) is 14.5. The van der Waals surface area contributed by atoms with Crippen LogP contribution in [-0.2, 0) is 9.47 Å². The van der Waals surface area contributed by atoms with E-state index in [9.17, 15) is 14.0 Å². The third-order valence-corrected chi connectivity index (χ3v) is 9.85. The molecule has 0 spiro atoms. The molecule has 5 rings (SSSR count). The van der Waals surface area contributed by atoms with Crippen LogP contribution in [0.15, 0.2) is 36.7 Å². The molecule has 9 nitrogen and oxygen atoms in total. The number of hydrogen-bond acceptors (Lipinski definition) is 6. The van der Waals surface area contributed by atoms with Crippen LogP contribution in [0.1, 0.15) is 95.9 Å². The molecule has 0 bridgehead atoms. The summed E-state index contributed by atoms with van der Waals surface area (Å²) in [7, 11) is 0. The monoisotopic (exact) mass is 663 g/mol. The fraction of sp³-hybridized carbons (Fsp3) is 0.605. The maximum atomic E-state index is 14.6. The second-order valence-electron chi connectivity index (χ2n) is 15.1. The first-order valence-electron chi connectivity index (χ1n) is 17.6. The Hall–Kier alpha value is -3.50. The van der Waals surface area contributed by atoms with Gasteiger partial charge in [0.25, 0.3) is 5.91 Å². The zero-order valence-electron chi connectivity index (χ0n) is 30.3. The normalized spacial score (nSPS) is 18.4. The summed E-state index contributed by atoms with van der Waals surface area (Å²) in [6.07, 6.45) is 5.54. The molecule has 4 heterocycles. The van der Waals surface area contributed by atoms with E-state index in [1.165, 1.54) is 17.7 Å². The number of aromatic nitrogens is 2. The first kappa shape index (κ1) is 35.8. The van der Waals surface area contributed by atoms with Crippen LogP contribution in [0.25, 0.3) is 16.6 Å². The van der Waals surface area contributed by atoms with Crippen molar-refractivity contribution in [3.8, 4) is 11.1 Å². The Morgan fingerprint density at radius 2 is 1.85 bits per heavy atom. The molecule has 2 fully saturated rings. The molecular formula is C38H54FN5O4. The number of ether oxygens (including phenoxy) is 2. The molecule has 262 valence electrons. The van der Waals surface area contributed by atoms with E-state index < -0.39 is 11.4 Å². The summed E-state index contributed by atoms with van der Waals surface area (Å²) in [5, 5.41) is 0. The van der Waals surface area contributed by atoms with Crippen molar-refractivity contribution < 1.29 is 23.5 Å². The number of rotatable bonds is 10. The van der Waals surface area contributed by atoms with Crippen molar-refractivity contribution in [2.45, 2.75) is 105 Å². The lowest BCUT2D eigenvalue weighted by atomic mass is 9.85. The van der Waals surface area contributed by atoms with E-state index in [-0.39, 0.29) is 24.1 Å². The Morgan fingerprint density at radius 3 is 2.50 bits per heavy atom. The summed E-state index contributed by atoms with van der Waals surface area (Å²) in [6.45, 7) is 22.1. The Kier molecular flexibility index (Phi) is 10.8. The SMILES string of the molecule is CCN(C(=O)c1cc(F)ccc1-c1cc(C2CN([C@H](CC[C@H]3COCCN3C(=O)OC(C)(C)C)C(C)C)C2)cn2c(C)ncc12)C(C)C. The Balaban J connectivity index is 1.37. The number of imidazole rings is 1. The fourth-order valence-electron chi connectivity index (χ4n) is 7.26. The van der Waals surface area contributed by atoms with Gasteiger partial charge in [0.1, 0.15) is 17.2 Å². The van der Waals surface area contributed by atoms with Crippen molar-refractivity contribution in [1.82, 2.24) is 24.1 Å². The highest BCUT2D eigenvalue weighted by Gasteiger charge is 2.37. The van der Waals surface area contributed by atoms with Crippen LogP contribution in [0.4, 0.5) is 9.18 Å². The molecule has 0 saturated carbocycles. The molecule has 2 aromatic heterocycles. The minimum atomic E-state index is -0.539. The molecule has 2 aliphatic heterocycles. The average molecular weight is 664 g/mol. The van der Waals surface area contributed by atoms with Crippen LogP contribution >= 0.6 is 0 Å². The van der Waals surface area contributed by atoms with Crippen LogP contribution in [0, 0.1) is 18.7 Å². The van der Waals surface area contributed by atoms with Crippen LogP contribution in [0.3, 0.4) is 0 Å². The van der Waals surface area contributed by atoms with Gasteiger partial charge >= 0.3 is 6.09 Å². The molecule has 0 radical (unpaired) electrons. The summed E-state index contributed by atoms with van der Waals surface area (Å²) in [5.74, 6) is 0.998. The number of pyridine rings is 1. The predicted octanol–water partition coefficient (Wildman–Crippen LogP) is 7.16. The molecular weight excluding hydrogens is 609 g/mol. The zero-order chi connectivity index (χ0) is 34.9. The Morgan fingerprint density at radius 1 is 1.12 bits per heavy atom. The summed E-state index contributed by atoms with van der Waals surface area (Å²) >= 11 is 0. The molecule has 10 heteroatoms. The number of likely N-dealkylation sites (tertiary alicyclic amines) is 1. The van der Waals surface area contributed by atoms with Gasteiger partial charge in [0.2, 0.25) is 0 Å². The minimum Gasteiger partial charge on any atom is -0.444 e. The number of carbonyl (C=O) groups is 2. The number of halogens is 1. The van der Waals surface area contributed by atoms with Gasteiger partial charge in [0.15, 0.2) is 0 Å². The minimum absolute atomic E-state index is 0.00644. The summed E-state index contributed by atoms with van der Waals surface area (Å²) in [4.78, 5) is 37.5. The number of morpholine rings is 1. The van der Waals surface area contributed by atoms with Gasteiger partial charge in [-0.25, -0.2) is 14.2 Å². The van der Waals surface area contributed by atoms with Crippen LogP contribution < -0.4 is 0 Å². The van der Waals surface area contributed by atoms with E-state index in [1.807, 2.05) is 59.6 Å². The molecule has 2 aliphatic rings. The molecule has 2 amide bonds. The maximum absolute atomic E-state index is 14.6. The highest BCUT2D eigenvalue weighted by molar-refractivity contribution is 6.03. The first-order chi connectivity index (χ1) is 22.7. The smallest absolute Gasteiger partial charge is 0.410 e. The number of hydrogen-bond donors (Lipinski definition) is 0. The number of benzene rings is 1. The molecule has 0 unspecified atom stereocenters. The van der Waals surface area contributed by atoms with E-state index in [2.05, 4.69) is 40.4 Å². The number of aryl methyl sites for hydroxylation is 1. The lowest BCUT2D eigenvalue weighted by Crippen LogP contribution is -2.54. The lowest BCUT2D eigenvalue weighted by molar-refractivity contribution is -0.0377. The van der Waals surface area contributed by atoms with Crippen LogP contribution in [0.2, 0.25) is 0 Å². The molecule has 0 N–H and O–H groups in total. The molecule has 2 atom stereocenters. The number of amides is 2. The van der Waals surface area contributed by atoms with Crippen molar-refractivity contribution >= 4 is 17.5 Å². The maximum Gasteiger partial charge on any atom is 0.410 e. The second-order valence-corrected chi connectivity index (χ2v) is 15.1. The Bertz CT molecular complexity index is 1610. The van der Waals surface area contributed by atoms with Gasteiger partial charge in [-0.3, -0.25) is 9.69 Å². The van der Waals surface area contributed by atoms with Crippen LogP contribution in [-0.4, -0.2) is 99.2 Å². The molecule has 1 aromatic carbocycles. The van der Waals surface area contributed by atoms with E-state index in [1.54, 1.807) is 11.0 Å². The molecule has 3 aromatic rings. The van der Waals surface area contributed by atoms with Gasteiger partial charge < -0.3 is 23.7 Å². The average Bonchev–Trinajstić information content (AvgIpc) is 3.37. The number of carbonyl (C=O) groups excluding carboxylic acids is 2. The predicted molar refractivity (Wildman–Crippen MR) is 187 cm³/mol. The van der Waals surface area contributed by atoms with E-state index in [0.717, 1.165) is 42.8 Å². The van der Waals surface area contributed by atoms with Gasteiger partial charge in [-0.1, -0.05) is 19.9 Å². The standard InChI is InChI=1S/C38H54FN5O4/c1-10-42(25(4)5)36(45)33-18-29(39)11-13-31(33)32-17-27(22-44-26(6)40-19-35(32)44)28-20-41(21-28)34(24(2)3)14-12-30-23-47-16-15-43(30)37(46)48-38(7,8)9/h11,13,17-19,22,24-25,28,30,34H,10,12,14-16,20-21,23H2,1-9H3/t30-,34+/m0/s1. The fourth-order valence-corrected chi connectivity index (χ4v) is 7.26. The highest BCUT2D eigenvalue weighted by Crippen LogP contribution is 2.37. The largest absolute Gasteiger partial charge is 0.444 e. The highest BCUT2D eigenvalue weighted by atomic mass is 19.1. The van der Waals surface area contributed by atoms with Gasteiger partial charge in [-0.15, -0.1) is 0 Å². The van der Waals surface area contributed by atoms with Crippen molar-refractivity contribution in [3.63, 3.8) is 0 Å². The van der Waals surface area contributed by atoms with Gasteiger partial charge in [0, 0.05) is 55.9 Å². The van der Waals surface area contributed by atoms with E-state index in [4.69, 9.17) is 9.47 Å². The number of nitrogens with zero attached hydrogens (tertiary/aromatic N) is 5. The third kappa shape index (κ3) is 7.70. The van der Waals surface area contributed by atoms with Crippen LogP contribution in [0.5, 0.6) is 0 Å². The molecule has 2 saturated heterocycles. The zero-order valence-corrected chi connectivity index (χ0v) is 30.3. The van der Waals surface area contributed by atoms with Crippen molar-refractivity contribution in [1.29, 1.82) is 0 Å². The molecule has 0 aliphatic carbocycles. The Labute approximate surface area is 285 Å². The summed E-state index contributed by atoms with van der Waals surface area (Å²) in [5.41, 5.74) is 3.49. The van der Waals surface area contributed by atoms with Crippen molar-refractivity contribution in [3.05, 3.63) is 59.4 Å². The van der Waals surface area contributed by atoms with Gasteiger partial charge in [0.05, 0.1) is 36.5 Å². The first-order valence-corrected chi connectivity index (χ1v) is 17.6. The van der Waals surface area contributed by atoms with Crippen molar-refractivity contribution in [2.24, 2.45) is 5.92 Å². The topological polar surface area (TPSA) is 79.6 Å². The van der Waals surface area contributed by atoms with Gasteiger partial charge in [-0.2, -0.15) is 0 Å². The van der Waals surface area contributed by atoms with Gasteiger partial charge in [-0.05, 0) is 96.6 Å². The lowest BCUT2D eigenvalue weighted by Gasteiger charge is -2.47. The van der Waals surface area contributed by atoms with Crippen molar-refractivity contribution in [2.75, 3.05) is 39.4 Å². The third-order valence-electron chi connectivity index (χ3n) is 9.85. The van der Waals surface area contributed by atoms with E-state index >= 15 is 0 Å². The quantitative estimate of drug-likeness (QED) is 0.229. The summed E-state index contributed by atoms with van der Waals surface area (Å²) in [6, 6.07) is 7.06. The van der Waals surface area contributed by atoms with E-state index in [0.29, 0.717) is 55.3 Å².